The number of carbonyl (C=O) groups is 2. The number of piperidine rings is 2. The smallest absolute Gasteiger partial charge is 0.314 e. The van der Waals surface area contributed by atoms with Crippen LogP contribution in [0.5, 0.6) is 0 Å². The number of primary amides is 1. The highest BCUT2D eigenvalue weighted by Gasteiger charge is 2.58. The van der Waals surface area contributed by atoms with Gasteiger partial charge in [0.25, 0.3) is 0 Å². The van der Waals surface area contributed by atoms with Crippen molar-refractivity contribution in [3.05, 3.63) is 23.8 Å². The Labute approximate surface area is 203 Å². The molecule has 178 valence electrons. The van der Waals surface area contributed by atoms with Gasteiger partial charge in [0.15, 0.2) is 0 Å². The van der Waals surface area contributed by atoms with Crippen LogP contribution in [0.15, 0.2) is 18.1 Å². The summed E-state index contributed by atoms with van der Waals surface area (Å²) in [6.45, 7) is 2.48. The zero-order valence-electron chi connectivity index (χ0n) is 18.8. The number of alkyl halides is 1. The molecule has 1 spiro atoms. The first kappa shape index (κ1) is 21.8. The molecule has 5 heterocycles. The molecular weight excluding hydrogens is 533 g/mol. The minimum Gasteiger partial charge on any atom is -0.392 e. The van der Waals surface area contributed by atoms with Crippen molar-refractivity contribution in [3.8, 4) is 0 Å². The van der Waals surface area contributed by atoms with Crippen LogP contribution in [0.25, 0.3) is 5.57 Å². The van der Waals surface area contributed by atoms with Gasteiger partial charge in [-0.05, 0) is 52.5 Å². The van der Waals surface area contributed by atoms with Crippen molar-refractivity contribution in [2.24, 2.45) is 23.0 Å². The van der Waals surface area contributed by atoms with Gasteiger partial charge in [-0.2, -0.15) is 0 Å². The molecule has 0 aromatic carbocycles. The molecule has 1 aromatic rings. The normalized spacial score (nSPS) is 32.8. The van der Waals surface area contributed by atoms with Crippen molar-refractivity contribution in [3.63, 3.8) is 0 Å². The largest absolute Gasteiger partial charge is 0.392 e. The summed E-state index contributed by atoms with van der Waals surface area (Å²) in [6, 6.07) is -0.183. The average molecular weight is 565 g/mol. The third-order valence-corrected chi connectivity index (χ3v) is 11.1. The van der Waals surface area contributed by atoms with Crippen molar-refractivity contribution in [1.29, 1.82) is 0 Å². The van der Waals surface area contributed by atoms with Gasteiger partial charge in [-0.1, -0.05) is 0 Å². The van der Waals surface area contributed by atoms with E-state index in [1.54, 1.807) is 4.90 Å². The summed E-state index contributed by atoms with van der Waals surface area (Å²) in [5, 5.41) is 11.4. The highest BCUT2D eigenvalue weighted by atomic mass is 127. The van der Waals surface area contributed by atoms with Crippen molar-refractivity contribution in [2.75, 3.05) is 30.6 Å². The molecule has 4 aliphatic heterocycles. The van der Waals surface area contributed by atoms with Crippen LogP contribution in [0, 0.1) is 17.3 Å². The Kier molecular flexibility index (Phi) is 5.39. The Bertz CT molecular complexity index is 1040. The molecule has 3 amide bonds. The SMILES string of the molecule is NC(=O)N1CCCC(C(=O)N2CCC3(CC2)C[C@@H]([C@H]2C4=C(C=ICC4)c4cncn42)[C@H]3O)C1. The quantitative estimate of drug-likeness (QED) is 0.424. The van der Waals surface area contributed by atoms with Crippen LogP contribution >= 0.6 is 20.7 Å². The molecule has 5 aliphatic rings. The number of amides is 3. The molecule has 0 bridgehead atoms. The molecule has 1 aliphatic carbocycles. The number of aromatic nitrogens is 2. The predicted molar refractivity (Wildman–Crippen MR) is 134 cm³/mol. The second-order valence-corrected chi connectivity index (χ2v) is 13.0. The minimum atomic E-state index is -0.433. The van der Waals surface area contributed by atoms with Crippen LogP contribution in [0.4, 0.5) is 4.79 Å². The number of aliphatic hydroxyl groups excluding tert-OH is 1. The number of allylic oxidation sites excluding steroid dienone is 2. The van der Waals surface area contributed by atoms with Gasteiger partial charge in [0, 0.05) is 43.1 Å². The first-order valence-electron chi connectivity index (χ1n) is 12.2. The van der Waals surface area contributed by atoms with E-state index >= 15 is 0 Å². The Hall–Kier alpha value is -1.75. The molecular formula is C24H32IN5O3. The van der Waals surface area contributed by atoms with E-state index in [4.69, 9.17) is 5.73 Å². The van der Waals surface area contributed by atoms with E-state index in [1.807, 2.05) is 17.4 Å². The van der Waals surface area contributed by atoms with Crippen molar-refractivity contribution in [1.82, 2.24) is 19.4 Å². The molecule has 6 rings (SSSR count). The first-order valence-corrected chi connectivity index (χ1v) is 14.9. The Morgan fingerprint density at radius 3 is 2.79 bits per heavy atom. The summed E-state index contributed by atoms with van der Waals surface area (Å²) in [4.78, 5) is 32.6. The van der Waals surface area contributed by atoms with E-state index in [-0.39, 0.29) is 56.0 Å². The summed E-state index contributed by atoms with van der Waals surface area (Å²) in [5.41, 5.74) is 9.53. The third-order valence-electron chi connectivity index (χ3n) is 8.84. The van der Waals surface area contributed by atoms with Gasteiger partial charge in [0.05, 0.1) is 36.3 Å². The van der Waals surface area contributed by atoms with Gasteiger partial charge >= 0.3 is 6.03 Å². The number of imidazole rings is 1. The summed E-state index contributed by atoms with van der Waals surface area (Å²) in [7, 11) is 0. The molecule has 0 radical (unpaired) electrons. The van der Waals surface area contributed by atoms with E-state index in [0.29, 0.717) is 26.2 Å². The average Bonchev–Trinajstić information content (AvgIpc) is 3.44. The van der Waals surface area contributed by atoms with Crippen molar-refractivity contribution in [2.45, 2.75) is 50.7 Å². The summed E-state index contributed by atoms with van der Waals surface area (Å²) >= 11 is 0.141. The first-order chi connectivity index (χ1) is 16.0. The number of rotatable bonds is 2. The second kappa shape index (κ2) is 8.18. The fourth-order valence-corrected chi connectivity index (χ4v) is 9.34. The van der Waals surface area contributed by atoms with E-state index in [0.717, 1.165) is 38.5 Å². The standard InChI is InChI=1S/C24H32IN5O3/c26-23(33)29-7-1-2-15(13-29)22(32)28-8-4-24(5-9-28)10-17(21(24)31)20-16-3-6-25-11-18(16)19-12-27-14-30(19)20/h11-12,14-15,17,20-21,31H,1-10,13H2,(H2,26,33)/t15?,17-,20+,21+/m0/s1. The fraction of sp³-hybridized carbons (Fsp3) is 0.667. The van der Waals surface area contributed by atoms with E-state index < -0.39 is 6.03 Å². The summed E-state index contributed by atoms with van der Waals surface area (Å²) in [6.07, 6.45) is 9.13. The van der Waals surface area contributed by atoms with Crippen LogP contribution in [0.2, 0.25) is 0 Å². The lowest BCUT2D eigenvalue weighted by atomic mass is 9.52. The van der Waals surface area contributed by atoms with Crippen molar-refractivity contribution < 1.29 is 14.7 Å². The number of nitrogens with zero attached hydrogens (tertiary/aromatic N) is 4. The minimum absolute atomic E-state index is 0.0668. The van der Waals surface area contributed by atoms with Gasteiger partial charge in [-0.15, -0.1) is 20.7 Å². The van der Waals surface area contributed by atoms with Gasteiger partial charge in [0.2, 0.25) is 5.91 Å². The molecule has 2 saturated heterocycles. The number of carbonyl (C=O) groups excluding carboxylic acids is 2. The lowest BCUT2D eigenvalue weighted by Crippen LogP contribution is -2.60. The zero-order chi connectivity index (χ0) is 22.7. The molecule has 33 heavy (non-hydrogen) atoms. The van der Waals surface area contributed by atoms with E-state index in [2.05, 4.69) is 13.6 Å². The fourth-order valence-electron chi connectivity index (χ4n) is 6.98. The molecule has 3 fully saturated rings. The molecule has 1 aromatic heterocycles. The molecule has 9 heteroatoms. The third kappa shape index (κ3) is 3.40. The van der Waals surface area contributed by atoms with Gasteiger partial charge < -0.3 is 25.2 Å². The van der Waals surface area contributed by atoms with Gasteiger partial charge in [-0.3, -0.25) is 4.79 Å². The Balaban J connectivity index is 1.11. The summed E-state index contributed by atoms with van der Waals surface area (Å²) in [5.74, 6) is 0.240. The maximum Gasteiger partial charge on any atom is 0.314 e. The number of hydrogen-bond donors (Lipinski definition) is 2. The molecule has 1 unspecified atom stereocenters. The Morgan fingerprint density at radius 1 is 1.21 bits per heavy atom. The lowest BCUT2D eigenvalue weighted by molar-refractivity contribution is -0.167. The number of halogens is 1. The van der Waals surface area contributed by atoms with Crippen LogP contribution in [-0.4, -0.2) is 77.1 Å². The highest BCUT2D eigenvalue weighted by Crippen LogP contribution is 2.60. The summed E-state index contributed by atoms with van der Waals surface area (Å²) < 4.78 is 6.07. The Morgan fingerprint density at radius 2 is 2.03 bits per heavy atom. The van der Waals surface area contributed by atoms with Crippen LogP contribution in [0.1, 0.15) is 50.3 Å². The number of hydrogen-bond acceptors (Lipinski definition) is 4. The second-order valence-electron chi connectivity index (χ2n) is 10.4. The predicted octanol–water partition coefficient (Wildman–Crippen LogP) is 2.15. The van der Waals surface area contributed by atoms with Crippen LogP contribution < -0.4 is 5.73 Å². The zero-order valence-corrected chi connectivity index (χ0v) is 21.0. The van der Waals surface area contributed by atoms with Crippen molar-refractivity contribution >= 4 is 42.3 Å². The molecule has 1 saturated carbocycles. The number of aliphatic hydroxyl groups is 1. The van der Waals surface area contributed by atoms with Crippen LogP contribution in [-0.2, 0) is 4.79 Å². The molecule has 8 nitrogen and oxygen atoms in total. The number of urea groups is 1. The van der Waals surface area contributed by atoms with Gasteiger partial charge in [-0.25, -0.2) is 9.78 Å². The molecule has 4 atom stereocenters. The monoisotopic (exact) mass is 565 g/mol. The number of likely N-dealkylation sites (tertiary alicyclic amines) is 2. The maximum absolute atomic E-state index is 13.1. The number of nitrogens with two attached hydrogens (primary N) is 1. The lowest BCUT2D eigenvalue weighted by Gasteiger charge is -2.58. The van der Waals surface area contributed by atoms with E-state index in [9.17, 15) is 14.7 Å². The highest BCUT2D eigenvalue weighted by molar-refractivity contribution is 14.2. The van der Waals surface area contributed by atoms with Crippen LogP contribution in [0.3, 0.4) is 0 Å². The number of fused-ring (bicyclic) bond motifs is 2. The van der Waals surface area contributed by atoms with Gasteiger partial charge in [0.1, 0.15) is 0 Å². The molecule has 3 N–H and O–H groups in total. The maximum atomic E-state index is 13.1. The topological polar surface area (TPSA) is 105 Å². The van der Waals surface area contributed by atoms with E-state index in [1.165, 1.54) is 21.3 Å².